The number of hydrogen-bond donors (Lipinski definition) is 0. The van der Waals surface area contributed by atoms with Gasteiger partial charge in [-0.2, -0.15) is 15.7 Å². The van der Waals surface area contributed by atoms with E-state index in [2.05, 4.69) is 68.4 Å². The second kappa shape index (κ2) is 10.9. The Morgan fingerprint density at radius 3 is 2.74 bits per heavy atom. The summed E-state index contributed by atoms with van der Waals surface area (Å²) >= 11 is 3.16. The average Bonchev–Trinajstić information content (AvgIpc) is 3.50. The first-order valence-electron chi connectivity index (χ1n) is 10.3. The fourth-order valence-corrected chi connectivity index (χ4v) is 4.53. The lowest BCUT2D eigenvalue weighted by atomic mass is 10.1. The van der Waals surface area contributed by atoms with Crippen LogP contribution in [0.4, 0.5) is 0 Å². The summed E-state index contributed by atoms with van der Waals surface area (Å²) < 4.78 is 10.6. The van der Waals surface area contributed by atoms with Crippen molar-refractivity contribution >= 4 is 22.9 Å². The standard InChI is InChI=1S/C26H24N2OS2/c1-2-28(14-7-11-21-8-4-3-5-9-21)17-22-10-6-12-25(16-22)29-18-24-20-31-27-26(24)23-13-15-30-19-23/h3-6,8-10,12-13,15-16,19-20H,2,14,17-18H2,1H3. The summed E-state index contributed by atoms with van der Waals surface area (Å²) in [7, 11) is 0. The molecule has 0 spiro atoms. The van der Waals surface area contributed by atoms with Gasteiger partial charge in [-0.15, -0.1) is 0 Å². The van der Waals surface area contributed by atoms with Crippen LogP contribution in [0.3, 0.4) is 0 Å². The molecule has 0 aliphatic carbocycles. The van der Waals surface area contributed by atoms with E-state index in [1.54, 1.807) is 11.3 Å². The minimum atomic E-state index is 0.519. The summed E-state index contributed by atoms with van der Waals surface area (Å²) in [5, 5.41) is 6.27. The van der Waals surface area contributed by atoms with Gasteiger partial charge in [0.25, 0.3) is 0 Å². The number of aromatic nitrogens is 1. The molecule has 2 aromatic heterocycles. The second-order valence-electron chi connectivity index (χ2n) is 7.11. The van der Waals surface area contributed by atoms with Crippen molar-refractivity contribution in [3.8, 4) is 28.8 Å². The Labute approximate surface area is 192 Å². The molecule has 0 radical (unpaired) electrons. The van der Waals surface area contributed by atoms with Gasteiger partial charge in [0, 0.05) is 34.0 Å². The van der Waals surface area contributed by atoms with Crippen LogP contribution in [0.5, 0.6) is 5.75 Å². The van der Waals surface area contributed by atoms with Gasteiger partial charge in [-0.3, -0.25) is 4.90 Å². The van der Waals surface area contributed by atoms with Gasteiger partial charge in [0.2, 0.25) is 0 Å². The maximum Gasteiger partial charge on any atom is 0.120 e. The highest BCUT2D eigenvalue weighted by Gasteiger charge is 2.10. The zero-order chi connectivity index (χ0) is 21.3. The molecule has 0 bridgehead atoms. The minimum Gasteiger partial charge on any atom is -0.489 e. The van der Waals surface area contributed by atoms with Crippen LogP contribution in [-0.2, 0) is 13.2 Å². The largest absolute Gasteiger partial charge is 0.489 e. The molecular formula is C26H24N2OS2. The molecule has 0 saturated heterocycles. The Kier molecular flexibility index (Phi) is 7.51. The van der Waals surface area contributed by atoms with E-state index in [4.69, 9.17) is 4.74 Å². The van der Waals surface area contributed by atoms with Crippen LogP contribution in [-0.4, -0.2) is 22.4 Å². The van der Waals surface area contributed by atoms with Gasteiger partial charge in [-0.25, -0.2) is 0 Å². The molecule has 5 heteroatoms. The molecule has 0 fully saturated rings. The number of nitrogens with zero attached hydrogens (tertiary/aromatic N) is 2. The molecule has 0 unspecified atom stereocenters. The predicted octanol–water partition coefficient (Wildman–Crippen LogP) is 6.32. The third kappa shape index (κ3) is 6.05. The zero-order valence-corrected chi connectivity index (χ0v) is 19.1. The van der Waals surface area contributed by atoms with Gasteiger partial charge in [0.1, 0.15) is 12.4 Å². The molecule has 0 saturated carbocycles. The van der Waals surface area contributed by atoms with Gasteiger partial charge in [0.05, 0.1) is 12.2 Å². The van der Waals surface area contributed by atoms with Crippen molar-refractivity contribution in [2.45, 2.75) is 20.1 Å². The first kappa shape index (κ1) is 21.3. The SMILES string of the molecule is CCN(CC#Cc1ccccc1)Cc1cccc(OCc2csnc2-c2ccsc2)c1. The predicted molar refractivity (Wildman–Crippen MR) is 130 cm³/mol. The van der Waals surface area contributed by atoms with Gasteiger partial charge in [-0.1, -0.05) is 49.1 Å². The van der Waals surface area contributed by atoms with E-state index >= 15 is 0 Å². The molecule has 0 amide bonds. The van der Waals surface area contributed by atoms with E-state index in [-0.39, 0.29) is 0 Å². The maximum atomic E-state index is 6.11. The van der Waals surface area contributed by atoms with Crippen LogP contribution >= 0.6 is 22.9 Å². The van der Waals surface area contributed by atoms with Gasteiger partial charge in [0.15, 0.2) is 0 Å². The van der Waals surface area contributed by atoms with Crippen LogP contribution in [0, 0.1) is 11.8 Å². The maximum absolute atomic E-state index is 6.11. The molecule has 2 aromatic carbocycles. The van der Waals surface area contributed by atoms with Crippen molar-refractivity contribution in [2.75, 3.05) is 13.1 Å². The molecule has 0 N–H and O–H groups in total. The molecular weight excluding hydrogens is 420 g/mol. The summed E-state index contributed by atoms with van der Waals surface area (Å²) in [6.07, 6.45) is 0. The van der Waals surface area contributed by atoms with Gasteiger partial charge >= 0.3 is 0 Å². The summed E-state index contributed by atoms with van der Waals surface area (Å²) in [6, 6.07) is 20.6. The summed E-state index contributed by atoms with van der Waals surface area (Å²) in [4.78, 5) is 2.33. The van der Waals surface area contributed by atoms with Crippen molar-refractivity contribution in [3.63, 3.8) is 0 Å². The van der Waals surface area contributed by atoms with Crippen LogP contribution in [0.15, 0.2) is 76.8 Å². The van der Waals surface area contributed by atoms with E-state index in [0.29, 0.717) is 6.61 Å². The molecule has 3 nitrogen and oxygen atoms in total. The van der Waals surface area contributed by atoms with Crippen molar-refractivity contribution in [2.24, 2.45) is 0 Å². The van der Waals surface area contributed by atoms with E-state index in [1.807, 2.05) is 36.4 Å². The van der Waals surface area contributed by atoms with Crippen molar-refractivity contribution in [1.29, 1.82) is 0 Å². The highest BCUT2D eigenvalue weighted by atomic mass is 32.1. The highest BCUT2D eigenvalue weighted by molar-refractivity contribution is 7.08. The van der Waals surface area contributed by atoms with E-state index < -0.39 is 0 Å². The molecule has 2 heterocycles. The Balaban J connectivity index is 1.36. The highest BCUT2D eigenvalue weighted by Crippen LogP contribution is 2.27. The number of thiophene rings is 1. The fourth-order valence-electron chi connectivity index (χ4n) is 3.20. The molecule has 156 valence electrons. The normalized spacial score (nSPS) is 10.6. The Hall–Kier alpha value is -2.91. The van der Waals surface area contributed by atoms with E-state index in [1.165, 1.54) is 17.1 Å². The zero-order valence-electron chi connectivity index (χ0n) is 17.5. The Morgan fingerprint density at radius 2 is 1.94 bits per heavy atom. The third-order valence-corrected chi connectivity index (χ3v) is 6.25. The van der Waals surface area contributed by atoms with E-state index in [9.17, 15) is 0 Å². The van der Waals surface area contributed by atoms with Crippen molar-refractivity contribution in [3.05, 3.63) is 93.5 Å². The topological polar surface area (TPSA) is 25.4 Å². The molecule has 4 aromatic rings. The smallest absolute Gasteiger partial charge is 0.120 e. The van der Waals surface area contributed by atoms with Crippen LogP contribution in [0.2, 0.25) is 0 Å². The molecule has 0 atom stereocenters. The molecule has 4 rings (SSSR count). The lowest BCUT2D eigenvalue weighted by Gasteiger charge is -2.18. The lowest BCUT2D eigenvalue weighted by molar-refractivity contribution is 0.301. The molecule has 31 heavy (non-hydrogen) atoms. The Morgan fingerprint density at radius 1 is 1.03 bits per heavy atom. The molecule has 0 aliphatic rings. The van der Waals surface area contributed by atoms with E-state index in [0.717, 1.165) is 47.8 Å². The number of benzene rings is 2. The van der Waals surface area contributed by atoms with Gasteiger partial charge < -0.3 is 4.74 Å². The number of hydrogen-bond acceptors (Lipinski definition) is 5. The fraction of sp³-hybridized carbons (Fsp3) is 0.192. The Bertz CT molecular complexity index is 1140. The monoisotopic (exact) mass is 444 g/mol. The van der Waals surface area contributed by atoms with Crippen LogP contribution < -0.4 is 4.74 Å². The minimum absolute atomic E-state index is 0.519. The number of ether oxygens (including phenoxy) is 1. The summed E-state index contributed by atoms with van der Waals surface area (Å²) in [6.45, 7) is 5.21. The first-order chi connectivity index (χ1) is 15.3. The third-order valence-electron chi connectivity index (χ3n) is 4.89. The van der Waals surface area contributed by atoms with Gasteiger partial charge in [-0.05, 0) is 59.4 Å². The second-order valence-corrected chi connectivity index (χ2v) is 8.52. The average molecular weight is 445 g/mol. The quantitative estimate of drug-likeness (QED) is 0.297. The molecule has 0 aliphatic heterocycles. The van der Waals surface area contributed by atoms with Crippen molar-refractivity contribution in [1.82, 2.24) is 9.27 Å². The summed E-state index contributed by atoms with van der Waals surface area (Å²) in [5.41, 5.74) is 5.59. The van der Waals surface area contributed by atoms with Crippen LogP contribution in [0.25, 0.3) is 11.3 Å². The van der Waals surface area contributed by atoms with Crippen molar-refractivity contribution < 1.29 is 4.74 Å². The summed E-state index contributed by atoms with van der Waals surface area (Å²) in [5.74, 6) is 7.41. The first-order valence-corrected chi connectivity index (χ1v) is 12.0. The number of rotatable bonds is 8. The van der Waals surface area contributed by atoms with Crippen LogP contribution in [0.1, 0.15) is 23.6 Å². The lowest BCUT2D eigenvalue weighted by Crippen LogP contribution is -2.23.